The second kappa shape index (κ2) is 7.42. The summed E-state index contributed by atoms with van der Waals surface area (Å²) < 4.78 is 13.1. The summed E-state index contributed by atoms with van der Waals surface area (Å²) >= 11 is 3.40. The van der Waals surface area contributed by atoms with Crippen molar-refractivity contribution in [3.63, 3.8) is 0 Å². The van der Waals surface area contributed by atoms with E-state index in [1.165, 1.54) is 0 Å². The smallest absolute Gasteiger partial charge is 0.131 e. The summed E-state index contributed by atoms with van der Waals surface area (Å²) in [6.07, 6.45) is 0.903. The molecule has 1 unspecified atom stereocenters. The zero-order valence-corrected chi connectivity index (χ0v) is 12.8. The van der Waals surface area contributed by atoms with Gasteiger partial charge in [0.1, 0.15) is 18.5 Å². The lowest BCUT2D eigenvalue weighted by Crippen LogP contribution is -2.17. The molecule has 1 aromatic carbocycles. The first-order chi connectivity index (χ1) is 9.72. The fourth-order valence-corrected chi connectivity index (χ4v) is 2.39. The normalized spacial score (nSPS) is 12.3. The topological polar surface area (TPSA) is 56.5 Å². The van der Waals surface area contributed by atoms with Gasteiger partial charge in [-0.15, -0.1) is 0 Å². The van der Waals surface area contributed by atoms with Crippen molar-refractivity contribution in [2.45, 2.75) is 12.6 Å². The van der Waals surface area contributed by atoms with Gasteiger partial charge in [0.25, 0.3) is 0 Å². The van der Waals surface area contributed by atoms with Crippen LogP contribution in [0.5, 0.6) is 5.75 Å². The summed E-state index contributed by atoms with van der Waals surface area (Å²) in [4.78, 5) is 0. The summed E-state index contributed by atoms with van der Waals surface area (Å²) in [7, 11) is 1.63. The highest BCUT2D eigenvalue weighted by Crippen LogP contribution is 2.24. The summed E-state index contributed by atoms with van der Waals surface area (Å²) in [5.74, 6) is 0.727. The van der Waals surface area contributed by atoms with E-state index in [1.807, 2.05) is 30.3 Å². The molecule has 6 heteroatoms. The van der Waals surface area contributed by atoms with Crippen molar-refractivity contribution in [1.29, 1.82) is 0 Å². The minimum atomic E-state index is -0.760. The van der Waals surface area contributed by atoms with Gasteiger partial charge in [0, 0.05) is 7.11 Å². The summed E-state index contributed by atoms with van der Waals surface area (Å²) in [5, 5.41) is 14.5. The number of benzene rings is 1. The Morgan fingerprint density at radius 3 is 2.80 bits per heavy atom. The first-order valence-electron chi connectivity index (χ1n) is 6.28. The third-order valence-corrected chi connectivity index (χ3v) is 3.42. The maximum absolute atomic E-state index is 10.3. The van der Waals surface area contributed by atoms with Crippen molar-refractivity contribution in [1.82, 2.24) is 9.78 Å². The molecule has 0 spiro atoms. The van der Waals surface area contributed by atoms with Crippen molar-refractivity contribution in [3.8, 4) is 5.75 Å². The van der Waals surface area contributed by atoms with Crippen molar-refractivity contribution in [2.75, 3.05) is 20.3 Å². The number of aliphatic hydroxyl groups excluding tert-OH is 1. The number of methoxy groups -OCH3 is 1. The second-order valence-electron chi connectivity index (χ2n) is 4.23. The van der Waals surface area contributed by atoms with Gasteiger partial charge in [0.15, 0.2) is 0 Å². The van der Waals surface area contributed by atoms with Gasteiger partial charge < -0.3 is 14.6 Å². The van der Waals surface area contributed by atoms with Gasteiger partial charge in [-0.3, -0.25) is 4.68 Å². The molecule has 5 nitrogen and oxygen atoms in total. The van der Waals surface area contributed by atoms with Crippen LogP contribution in [0.3, 0.4) is 0 Å². The average molecular weight is 341 g/mol. The fraction of sp³-hybridized carbons (Fsp3) is 0.357. The number of hydrogen-bond donors (Lipinski definition) is 1. The van der Waals surface area contributed by atoms with Crippen LogP contribution in [0.15, 0.2) is 41.0 Å². The summed E-state index contributed by atoms with van der Waals surface area (Å²) in [6, 6.07) is 9.40. The molecular weight excluding hydrogens is 324 g/mol. The van der Waals surface area contributed by atoms with Gasteiger partial charge in [-0.25, -0.2) is 0 Å². The third-order valence-electron chi connectivity index (χ3n) is 2.81. The van der Waals surface area contributed by atoms with Crippen LogP contribution in [0.25, 0.3) is 0 Å². The van der Waals surface area contributed by atoms with E-state index in [4.69, 9.17) is 9.47 Å². The van der Waals surface area contributed by atoms with Crippen LogP contribution < -0.4 is 4.74 Å². The number of nitrogens with zero attached hydrogens (tertiary/aromatic N) is 2. The molecule has 1 heterocycles. The third kappa shape index (κ3) is 3.82. The van der Waals surface area contributed by atoms with Crippen LogP contribution in [0.1, 0.15) is 11.8 Å². The van der Waals surface area contributed by atoms with Crippen LogP contribution >= 0.6 is 15.9 Å². The van der Waals surface area contributed by atoms with Gasteiger partial charge in [0.05, 0.1) is 29.5 Å². The van der Waals surface area contributed by atoms with E-state index in [2.05, 4.69) is 21.0 Å². The number of ether oxygens (including phenoxy) is 2. The number of aliphatic hydroxyl groups is 1. The van der Waals surface area contributed by atoms with E-state index in [1.54, 1.807) is 18.0 Å². The average Bonchev–Trinajstić information content (AvgIpc) is 2.84. The van der Waals surface area contributed by atoms with Gasteiger partial charge in [-0.05, 0) is 28.1 Å². The van der Waals surface area contributed by atoms with E-state index in [-0.39, 0.29) is 6.61 Å². The number of rotatable bonds is 7. The van der Waals surface area contributed by atoms with Gasteiger partial charge >= 0.3 is 0 Å². The van der Waals surface area contributed by atoms with E-state index in [0.29, 0.717) is 18.8 Å². The lowest BCUT2D eigenvalue weighted by atomic mass is 10.2. The van der Waals surface area contributed by atoms with E-state index in [9.17, 15) is 5.11 Å². The van der Waals surface area contributed by atoms with Crippen molar-refractivity contribution >= 4 is 15.9 Å². The highest BCUT2D eigenvalue weighted by molar-refractivity contribution is 9.10. The molecule has 2 aromatic rings. The second-order valence-corrected chi connectivity index (χ2v) is 5.09. The predicted molar refractivity (Wildman–Crippen MR) is 78.7 cm³/mol. The zero-order chi connectivity index (χ0) is 14.4. The van der Waals surface area contributed by atoms with Crippen molar-refractivity contribution in [3.05, 3.63) is 46.7 Å². The number of aromatic nitrogens is 2. The lowest BCUT2D eigenvalue weighted by Gasteiger charge is -2.15. The van der Waals surface area contributed by atoms with Crippen molar-refractivity contribution < 1.29 is 14.6 Å². The SMILES string of the molecule is COCCn1ncc(Br)c1C(O)COc1ccccc1. The molecule has 1 aromatic heterocycles. The molecule has 0 radical (unpaired) electrons. The molecule has 0 amide bonds. The Morgan fingerprint density at radius 1 is 1.35 bits per heavy atom. The number of para-hydroxylation sites is 1. The first kappa shape index (κ1) is 15.0. The quantitative estimate of drug-likeness (QED) is 0.840. The highest BCUT2D eigenvalue weighted by atomic mass is 79.9. The molecule has 0 aliphatic rings. The highest BCUT2D eigenvalue weighted by Gasteiger charge is 2.18. The Labute approximate surface area is 126 Å². The Balaban J connectivity index is 2.01. The monoisotopic (exact) mass is 340 g/mol. The molecule has 0 fully saturated rings. The Morgan fingerprint density at radius 2 is 2.10 bits per heavy atom. The fourth-order valence-electron chi connectivity index (χ4n) is 1.83. The molecule has 0 saturated heterocycles. The maximum atomic E-state index is 10.3. The summed E-state index contributed by atoms with van der Waals surface area (Å²) in [6.45, 7) is 1.29. The van der Waals surface area contributed by atoms with Crippen LogP contribution in [-0.4, -0.2) is 35.2 Å². The molecule has 20 heavy (non-hydrogen) atoms. The molecule has 0 saturated carbocycles. The van der Waals surface area contributed by atoms with E-state index in [0.717, 1.165) is 10.2 Å². The molecule has 2 rings (SSSR count). The van der Waals surface area contributed by atoms with Crippen molar-refractivity contribution in [2.24, 2.45) is 0 Å². The Kier molecular flexibility index (Phi) is 5.58. The predicted octanol–water partition coefficient (Wildman–Crippen LogP) is 2.40. The standard InChI is InChI=1S/C14H17BrN2O3/c1-19-8-7-17-14(12(15)9-16-17)13(18)10-20-11-5-3-2-4-6-11/h2-6,9,13,18H,7-8,10H2,1H3. The lowest BCUT2D eigenvalue weighted by molar-refractivity contribution is 0.0967. The number of hydrogen-bond acceptors (Lipinski definition) is 4. The van der Waals surface area contributed by atoms with Gasteiger partial charge in [-0.1, -0.05) is 18.2 Å². The van der Waals surface area contributed by atoms with Crippen LogP contribution in [0.2, 0.25) is 0 Å². The molecule has 1 atom stereocenters. The Hall–Kier alpha value is -1.37. The number of halogens is 1. The van der Waals surface area contributed by atoms with Crippen LogP contribution in [0, 0.1) is 0 Å². The van der Waals surface area contributed by atoms with E-state index >= 15 is 0 Å². The molecule has 1 N–H and O–H groups in total. The molecular formula is C14H17BrN2O3. The van der Waals surface area contributed by atoms with E-state index < -0.39 is 6.10 Å². The largest absolute Gasteiger partial charge is 0.490 e. The molecule has 0 aliphatic heterocycles. The Bertz CT molecular complexity index is 530. The zero-order valence-electron chi connectivity index (χ0n) is 11.2. The first-order valence-corrected chi connectivity index (χ1v) is 7.07. The maximum Gasteiger partial charge on any atom is 0.131 e. The minimum Gasteiger partial charge on any atom is -0.490 e. The molecule has 108 valence electrons. The van der Waals surface area contributed by atoms with Gasteiger partial charge in [-0.2, -0.15) is 5.10 Å². The molecule has 0 bridgehead atoms. The molecule has 0 aliphatic carbocycles. The van der Waals surface area contributed by atoms with Gasteiger partial charge in [0.2, 0.25) is 0 Å². The minimum absolute atomic E-state index is 0.168. The summed E-state index contributed by atoms with van der Waals surface area (Å²) in [5.41, 5.74) is 0.693. The van der Waals surface area contributed by atoms with Crippen LogP contribution in [0.4, 0.5) is 0 Å². The van der Waals surface area contributed by atoms with Crippen LogP contribution in [-0.2, 0) is 11.3 Å².